The molecule has 0 aromatic heterocycles. The van der Waals surface area contributed by atoms with E-state index in [4.69, 9.17) is 4.99 Å². The van der Waals surface area contributed by atoms with Crippen LogP contribution in [0.1, 0.15) is 33.4 Å². The van der Waals surface area contributed by atoms with Gasteiger partial charge in [-0.25, -0.2) is 9.98 Å². The second kappa shape index (κ2) is 9.64. The summed E-state index contributed by atoms with van der Waals surface area (Å²) >= 11 is 0. The van der Waals surface area contributed by atoms with Gasteiger partial charge in [0.05, 0.1) is 11.1 Å². The molecule has 8 rings (SSSR count). The maximum atomic E-state index is 5.40. The van der Waals surface area contributed by atoms with Crippen LogP contribution in [0.3, 0.4) is 0 Å². The van der Waals surface area contributed by atoms with Crippen molar-refractivity contribution in [3.05, 3.63) is 185 Å². The highest BCUT2D eigenvalue weighted by atomic mass is 14.9. The van der Waals surface area contributed by atoms with Crippen molar-refractivity contribution >= 4 is 29.0 Å². The number of nitrogens with zero attached hydrogens (tertiary/aromatic N) is 2. The van der Waals surface area contributed by atoms with Crippen LogP contribution in [0.25, 0.3) is 27.6 Å². The van der Waals surface area contributed by atoms with Gasteiger partial charge in [-0.2, -0.15) is 0 Å². The van der Waals surface area contributed by atoms with Crippen molar-refractivity contribution in [1.82, 2.24) is 0 Å². The highest BCUT2D eigenvalue weighted by Gasteiger charge is 2.52. The van der Waals surface area contributed by atoms with Crippen molar-refractivity contribution in [2.24, 2.45) is 9.98 Å². The summed E-state index contributed by atoms with van der Waals surface area (Å²) in [5.74, 6) is 0.632. The lowest BCUT2D eigenvalue weighted by molar-refractivity contribution is 0.741. The van der Waals surface area contributed by atoms with E-state index in [2.05, 4.69) is 139 Å². The summed E-state index contributed by atoms with van der Waals surface area (Å²) in [5, 5.41) is 2.52. The third kappa shape index (κ3) is 3.45. The van der Waals surface area contributed by atoms with Gasteiger partial charge in [0, 0.05) is 11.1 Å². The van der Waals surface area contributed by atoms with Crippen LogP contribution in [0, 0.1) is 0 Å². The zero-order valence-corrected chi connectivity index (χ0v) is 23.2. The van der Waals surface area contributed by atoms with Crippen molar-refractivity contribution in [3.8, 4) is 11.1 Å². The molecule has 2 aliphatic rings. The molecule has 0 saturated heterocycles. The lowest BCUT2D eigenvalue weighted by atomic mass is 9.68. The minimum Gasteiger partial charge on any atom is -0.245 e. The molecule has 42 heavy (non-hydrogen) atoms. The zero-order valence-electron chi connectivity index (χ0n) is 23.2. The molecule has 6 aromatic carbocycles. The molecule has 0 heterocycles. The number of hydrogen-bond donors (Lipinski definition) is 0. The number of rotatable bonds is 4. The van der Waals surface area contributed by atoms with Crippen molar-refractivity contribution in [3.63, 3.8) is 0 Å². The van der Waals surface area contributed by atoms with E-state index < -0.39 is 5.41 Å². The van der Waals surface area contributed by atoms with Gasteiger partial charge in [0.2, 0.25) is 0 Å². The van der Waals surface area contributed by atoms with Crippen molar-refractivity contribution in [2.75, 3.05) is 0 Å². The number of hydrogen-bond acceptors (Lipinski definition) is 1. The normalized spacial score (nSPS) is 14.6. The first kappa shape index (κ1) is 24.5. The molecule has 2 nitrogen and oxygen atoms in total. The number of amidine groups is 1. The van der Waals surface area contributed by atoms with Crippen LogP contribution in [0.4, 0.5) is 0 Å². The minimum atomic E-state index is -0.470. The Morgan fingerprint density at radius 3 is 1.79 bits per heavy atom. The molecule has 6 aromatic rings. The van der Waals surface area contributed by atoms with Crippen LogP contribution in [0.5, 0.6) is 0 Å². The molecule has 0 bridgehead atoms. The zero-order chi connectivity index (χ0) is 28.1. The average Bonchev–Trinajstić information content (AvgIpc) is 3.51. The SMILES string of the molecule is C=N/C(=N\C1=C(Cc2cccc3ccccc23)C2(c3ccccc31)c1ccccc1-c1ccccc12)c1ccccc1. The van der Waals surface area contributed by atoms with Crippen LogP contribution in [-0.4, -0.2) is 12.6 Å². The van der Waals surface area contributed by atoms with E-state index in [0.717, 1.165) is 23.2 Å². The molecule has 2 heteroatoms. The fourth-order valence-electron chi connectivity index (χ4n) is 7.24. The van der Waals surface area contributed by atoms with E-state index in [1.54, 1.807) is 0 Å². The molecule has 0 amide bonds. The summed E-state index contributed by atoms with van der Waals surface area (Å²) in [4.78, 5) is 9.85. The molecule has 0 saturated carbocycles. The third-order valence-electron chi connectivity index (χ3n) is 8.92. The van der Waals surface area contributed by atoms with Gasteiger partial charge in [-0.1, -0.05) is 146 Å². The Labute approximate surface area is 246 Å². The largest absolute Gasteiger partial charge is 0.245 e. The smallest absolute Gasteiger partial charge is 0.159 e. The Hall–Kier alpha value is -5.34. The molecule has 2 aliphatic carbocycles. The van der Waals surface area contributed by atoms with Crippen molar-refractivity contribution in [1.29, 1.82) is 0 Å². The van der Waals surface area contributed by atoms with E-state index in [1.165, 1.54) is 49.7 Å². The molecule has 0 N–H and O–H groups in total. The fraction of sp³-hybridized carbons (Fsp3) is 0.0500. The van der Waals surface area contributed by atoms with Gasteiger partial charge >= 0.3 is 0 Å². The Bertz CT molecular complexity index is 2030. The van der Waals surface area contributed by atoms with Crippen molar-refractivity contribution < 1.29 is 0 Å². The van der Waals surface area contributed by atoms with Crippen LogP contribution in [0.2, 0.25) is 0 Å². The summed E-state index contributed by atoms with van der Waals surface area (Å²) in [6.45, 7) is 3.94. The molecular formula is C40H28N2. The topological polar surface area (TPSA) is 24.7 Å². The van der Waals surface area contributed by atoms with Gasteiger partial charge in [0.1, 0.15) is 0 Å². The molecule has 198 valence electrons. The van der Waals surface area contributed by atoms with Crippen LogP contribution >= 0.6 is 0 Å². The summed E-state index contributed by atoms with van der Waals surface area (Å²) in [7, 11) is 0. The second-order valence-corrected chi connectivity index (χ2v) is 11.0. The predicted molar refractivity (Wildman–Crippen MR) is 175 cm³/mol. The Morgan fingerprint density at radius 2 is 1.10 bits per heavy atom. The molecular weight excluding hydrogens is 508 g/mol. The van der Waals surface area contributed by atoms with Gasteiger partial charge in [0.15, 0.2) is 5.84 Å². The van der Waals surface area contributed by atoms with E-state index in [9.17, 15) is 0 Å². The van der Waals surface area contributed by atoms with Gasteiger partial charge in [-0.15, -0.1) is 0 Å². The van der Waals surface area contributed by atoms with Crippen molar-refractivity contribution in [2.45, 2.75) is 11.8 Å². The van der Waals surface area contributed by atoms with E-state index >= 15 is 0 Å². The Balaban J connectivity index is 1.50. The fourth-order valence-corrected chi connectivity index (χ4v) is 7.24. The third-order valence-corrected chi connectivity index (χ3v) is 8.92. The number of aliphatic imine (C=N–C) groups is 2. The molecule has 0 fully saturated rings. The van der Waals surface area contributed by atoms with Crippen LogP contribution in [-0.2, 0) is 11.8 Å². The van der Waals surface area contributed by atoms with Gasteiger partial charge < -0.3 is 0 Å². The maximum absolute atomic E-state index is 5.40. The second-order valence-electron chi connectivity index (χ2n) is 11.0. The first-order valence-corrected chi connectivity index (χ1v) is 14.4. The van der Waals surface area contributed by atoms with Crippen LogP contribution < -0.4 is 0 Å². The molecule has 0 aliphatic heterocycles. The lowest BCUT2D eigenvalue weighted by Crippen LogP contribution is -2.28. The molecule has 0 atom stereocenters. The average molecular weight is 537 g/mol. The lowest BCUT2D eigenvalue weighted by Gasteiger charge is -2.33. The van der Waals surface area contributed by atoms with Gasteiger partial charge in [0.25, 0.3) is 0 Å². The molecule has 0 unspecified atom stereocenters. The quantitative estimate of drug-likeness (QED) is 0.158. The summed E-state index contributed by atoms with van der Waals surface area (Å²) in [6.07, 6.45) is 0.747. The Morgan fingerprint density at radius 1 is 0.548 bits per heavy atom. The Kier molecular flexibility index (Phi) is 5.61. The number of fused-ring (bicyclic) bond motifs is 8. The van der Waals surface area contributed by atoms with E-state index in [-0.39, 0.29) is 0 Å². The molecule has 0 radical (unpaired) electrons. The maximum Gasteiger partial charge on any atom is 0.159 e. The number of allylic oxidation sites excluding steroid dienone is 1. The molecule has 1 spiro atoms. The first-order chi connectivity index (χ1) is 20.8. The summed E-state index contributed by atoms with van der Waals surface area (Å²) < 4.78 is 0. The highest BCUT2D eigenvalue weighted by Crippen LogP contribution is 2.62. The monoisotopic (exact) mass is 536 g/mol. The highest BCUT2D eigenvalue weighted by molar-refractivity contribution is 6.06. The van der Waals surface area contributed by atoms with Gasteiger partial charge in [-0.3, -0.25) is 0 Å². The first-order valence-electron chi connectivity index (χ1n) is 14.4. The minimum absolute atomic E-state index is 0.470. The van der Waals surface area contributed by atoms with E-state index in [0.29, 0.717) is 5.84 Å². The summed E-state index contributed by atoms with van der Waals surface area (Å²) in [6, 6.07) is 52.1. The van der Waals surface area contributed by atoms with Crippen LogP contribution in [0.15, 0.2) is 161 Å². The van der Waals surface area contributed by atoms with E-state index in [1.807, 2.05) is 18.2 Å². The number of benzene rings is 6. The standard InChI is InChI=1S/C40H28N2/c1-41-39(28-15-3-2-4-16-28)42-38-33-22-9-12-25-36(33)40(34-23-10-7-20-31(34)32-21-8-11-24-35(32)40)37(38)26-29-18-13-17-27-14-5-6-19-30(27)29/h2-25H,1,26H2/b42-39-. The predicted octanol–water partition coefficient (Wildman–Crippen LogP) is 9.27. The van der Waals surface area contributed by atoms with Gasteiger partial charge in [-0.05, 0) is 62.9 Å². The summed E-state index contributed by atoms with van der Waals surface area (Å²) in [5.41, 5.74) is 11.6.